The highest BCUT2D eigenvalue weighted by Crippen LogP contribution is 2.56. The van der Waals surface area contributed by atoms with Crippen LogP contribution in [0.4, 0.5) is 11.4 Å². The van der Waals surface area contributed by atoms with Gasteiger partial charge in [-0.2, -0.15) is 0 Å². The third-order valence-corrected chi connectivity index (χ3v) is 18.6. The molecule has 0 atom stereocenters. The first kappa shape index (κ1) is 48.5. The second kappa shape index (κ2) is 17.1. The molecule has 0 bridgehead atoms. The molecule has 78 heavy (non-hydrogen) atoms. The standard InChI is InChI=1S/C74H68BN2O/c1-12-44-21-19-20-26-49(44)52-38-64-56(35-43(52)2)51-32-31-50(68-69(51)77(64)65-39-57-66(42-62(65)75-68)78-70(46-24-17-14-18-25-46)67(57)45-22-15-13-16-23-45)55-36-53-54-37-60-61(73(8,9)34-33-72(60,6)7)40-58(54)74(10,11)59(53)41-63(55)76-48-29-27-47(28-30-48)71(3,4)5/h13-32,35-42,76H,12,33-34H2,1-11H3. The molecule has 1 N–H and O–H groups in total. The van der Waals surface area contributed by atoms with Crippen molar-refractivity contribution in [2.24, 2.45) is 0 Å². The fraction of sp³-hybridized carbons (Fsp3) is 0.243. The van der Waals surface area contributed by atoms with Crippen LogP contribution in [0.3, 0.4) is 0 Å². The lowest BCUT2D eigenvalue weighted by molar-refractivity contribution is 0.331. The molecule has 4 heteroatoms. The maximum Gasteiger partial charge on any atom is 0.198 e. The van der Waals surface area contributed by atoms with E-state index in [1.807, 2.05) is 0 Å². The van der Waals surface area contributed by atoms with Crippen molar-refractivity contribution >= 4 is 62.4 Å². The van der Waals surface area contributed by atoms with Gasteiger partial charge in [-0.25, -0.2) is 0 Å². The highest BCUT2D eigenvalue weighted by atomic mass is 16.3. The third-order valence-electron chi connectivity index (χ3n) is 18.6. The summed E-state index contributed by atoms with van der Waals surface area (Å²) in [6.07, 6.45) is 3.33. The molecular weight excluding hydrogens is 944 g/mol. The van der Waals surface area contributed by atoms with E-state index in [0.717, 1.165) is 62.4 Å². The first-order chi connectivity index (χ1) is 37.4. The van der Waals surface area contributed by atoms with Gasteiger partial charge in [0, 0.05) is 60.8 Å². The van der Waals surface area contributed by atoms with Gasteiger partial charge in [-0.3, -0.25) is 0 Å². The summed E-state index contributed by atoms with van der Waals surface area (Å²) in [6, 6.07) is 64.2. The molecule has 0 fully saturated rings. The van der Waals surface area contributed by atoms with Crippen molar-refractivity contribution in [3.05, 3.63) is 209 Å². The molecular formula is C74H68BN2O. The fourth-order valence-electron chi connectivity index (χ4n) is 14.0. The summed E-state index contributed by atoms with van der Waals surface area (Å²) < 4.78 is 9.71. The molecule has 1 aliphatic heterocycles. The van der Waals surface area contributed by atoms with Crippen LogP contribution in [0.5, 0.6) is 0 Å². The molecule has 0 saturated heterocycles. The monoisotopic (exact) mass is 1010 g/mol. The van der Waals surface area contributed by atoms with Crippen LogP contribution >= 0.6 is 0 Å². The summed E-state index contributed by atoms with van der Waals surface area (Å²) in [6.45, 7) is 26.1. The van der Waals surface area contributed by atoms with Gasteiger partial charge in [-0.05, 0) is 175 Å². The van der Waals surface area contributed by atoms with Gasteiger partial charge in [0.15, 0.2) is 7.28 Å². The molecule has 3 heterocycles. The SMILES string of the molecule is CCc1ccccc1-c1cc2c(cc1C)c1ccc(-c3cc4c(cc3Nc3ccc(C(C)(C)C)cc3)C(C)(C)c3cc5c(cc3-4)C(C)(C)CCC5(C)C)c3c1n2-c1cc2c(-c4ccccc4)c(-c4ccccc4)oc2cc1[B]3. The smallest absolute Gasteiger partial charge is 0.198 e. The Balaban J connectivity index is 1.06. The highest BCUT2D eigenvalue weighted by molar-refractivity contribution is 6.73. The average molecular weight is 1010 g/mol. The molecule has 11 aromatic rings. The molecule has 9 aromatic carbocycles. The number of nitrogens with zero attached hydrogens (tertiary/aromatic N) is 1. The second-order valence-electron chi connectivity index (χ2n) is 25.8. The minimum atomic E-state index is -0.213. The van der Waals surface area contributed by atoms with E-state index in [-0.39, 0.29) is 21.7 Å². The Bertz CT molecular complexity index is 4290. The molecule has 2 aliphatic carbocycles. The van der Waals surface area contributed by atoms with Crippen molar-refractivity contribution < 1.29 is 4.42 Å². The van der Waals surface area contributed by atoms with Gasteiger partial charge in [0.25, 0.3) is 0 Å². The van der Waals surface area contributed by atoms with E-state index >= 15 is 0 Å². The lowest BCUT2D eigenvalue weighted by Gasteiger charge is -2.42. The number of aryl methyl sites for hydroxylation is 2. The lowest BCUT2D eigenvalue weighted by atomic mass is 9.59. The number of nitrogens with one attached hydrogen (secondary N) is 1. The van der Waals surface area contributed by atoms with Crippen LogP contribution in [-0.2, 0) is 28.1 Å². The second-order valence-corrected chi connectivity index (χ2v) is 25.8. The van der Waals surface area contributed by atoms with Gasteiger partial charge < -0.3 is 14.3 Å². The van der Waals surface area contributed by atoms with E-state index in [2.05, 4.69) is 263 Å². The predicted octanol–water partition coefficient (Wildman–Crippen LogP) is 18.7. The first-order valence-corrected chi connectivity index (χ1v) is 28.4. The predicted molar refractivity (Wildman–Crippen MR) is 333 cm³/mol. The number of hydrogen-bond acceptors (Lipinski definition) is 2. The first-order valence-electron chi connectivity index (χ1n) is 28.4. The molecule has 0 amide bonds. The van der Waals surface area contributed by atoms with Crippen LogP contribution in [0.25, 0.3) is 94.3 Å². The number of aromatic nitrogens is 1. The topological polar surface area (TPSA) is 30.1 Å². The molecule has 3 nitrogen and oxygen atoms in total. The van der Waals surface area contributed by atoms with Gasteiger partial charge in [-0.15, -0.1) is 0 Å². The number of fused-ring (bicyclic) bond motifs is 10. The molecule has 3 aliphatic rings. The van der Waals surface area contributed by atoms with Crippen LogP contribution in [0.15, 0.2) is 174 Å². The van der Waals surface area contributed by atoms with Gasteiger partial charge in [0.1, 0.15) is 11.3 Å². The van der Waals surface area contributed by atoms with Crippen LogP contribution in [0.1, 0.15) is 121 Å². The number of hydrogen-bond donors (Lipinski definition) is 1. The van der Waals surface area contributed by atoms with Crippen molar-refractivity contribution in [2.75, 3.05) is 5.32 Å². The van der Waals surface area contributed by atoms with E-state index < -0.39 is 0 Å². The number of furan rings is 1. The van der Waals surface area contributed by atoms with E-state index in [1.54, 1.807) is 0 Å². The summed E-state index contributed by atoms with van der Waals surface area (Å²) in [7, 11) is 2.46. The zero-order valence-electron chi connectivity index (χ0n) is 47.2. The van der Waals surface area contributed by atoms with Crippen LogP contribution in [0, 0.1) is 6.92 Å². The largest absolute Gasteiger partial charge is 0.455 e. The third kappa shape index (κ3) is 7.31. The zero-order valence-corrected chi connectivity index (χ0v) is 47.2. The van der Waals surface area contributed by atoms with Gasteiger partial charge in [0.05, 0.1) is 5.52 Å². The Morgan fingerprint density at radius 1 is 0.564 bits per heavy atom. The minimum Gasteiger partial charge on any atom is -0.455 e. The molecule has 0 spiro atoms. The molecule has 1 radical (unpaired) electrons. The molecule has 2 aromatic heterocycles. The normalized spacial score (nSPS) is 15.5. The minimum absolute atomic E-state index is 0.0458. The van der Waals surface area contributed by atoms with E-state index in [1.165, 1.54) is 112 Å². The zero-order chi connectivity index (χ0) is 53.8. The quantitative estimate of drug-likeness (QED) is 0.161. The van der Waals surface area contributed by atoms with E-state index in [9.17, 15) is 0 Å². The van der Waals surface area contributed by atoms with Crippen LogP contribution < -0.4 is 16.2 Å². The number of benzene rings is 9. The van der Waals surface area contributed by atoms with Gasteiger partial charge in [0.2, 0.25) is 0 Å². The molecule has 14 rings (SSSR count). The highest BCUT2D eigenvalue weighted by Gasteiger charge is 2.43. The Morgan fingerprint density at radius 2 is 1.22 bits per heavy atom. The Hall–Kier alpha value is -7.82. The van der Waals surface area contributed by atoms with Crippen molar-refractivity contribution in [2.45, 2.75) is 117 Å². The van der Waals surface area contributed by atoms with Gasteiger partial charge in [-0.1, -0.05) is 190 Å². The fourth-order valence-corrected chi connectivity index (χ4v) is 14.0. The summed E-state index contributed by atoms with van der Waals surface area (Å²) >= 11 is 0. The van der Waals surface area contributed by atoms with Crippen LogP contribution in [0.2, 0.25) is 0 Å². The maximum atomic E-state index is 7.11. The van der Waals surface area contributed by atoms with Crippen molar-refractivity contribution in [1.29, 1.82) is 0 Å². The maximum absolute atomic E-state index is 7.11. The van der Waals surface area contributed by atoms with Crippen molar-refractivity contribution in [3.8, 4) is 61.5 Å². The summed E-state index contributed by atoms with van der Waals surface area (Å²) in [4.78, 5) is 0. The Kier molecular flexibility index (Phi) is 10.6. The molecule has 383 valence electrons. The summed E-state index contributed by atoms with van der Waals surface area (Å²) in [5.74, 6) is 0.884. The number of rotatable bonds is 7. The van der Waals surface area contributed by atoms with E-state index in [0.29, 0.717) is 0 Å². The lowest BCUT2D eigenvalue weighted by Crippen LogP contribution is -2.37. The molecule has 0 saturated carbocycles. The van der Waals surface area contributed by atoms with E-state index in [4.69, 9.17) is 4.42 Å². The van der Waals surface area contributed by atoms with Crippen LogP contribution in [-0.4, -0.2) is 11.8 Å². The Morgan fingerprint density at radius 3 is 1.92 bits per heavy atom. The average Bonchev–Trinajstić information content (AvgIpc) is 4.26. The van der Waals surface area contributed by atoms with Crippen molar-refractivity contribution in [1.82, 2.24) is 4.57 Å². The van der Waals surface area contributed by atoms with Crippen molar-refractivity contribution in [3.63, 3.8) is 0 Å². The Labute approximate surface area is 461 Å². The summed E-state index contributed by atoms with van der Waals surface area (Å²) in [5.41, 5.74) is 29.7. The molecule has 0 unspecified atom stereocenters. The number of anilines is 2. The van der Waals surface area contributed by atoms with Gasteiger partial charge >= 0.3 is 0 Å². The summed E-state index contributed by atoms with van der Waals surface area (Å²) in [5, 5.41) is 7.68.